The molecule has 0 aliphatic carbocycles. The molecule has 7 amide bonds. The monoisotopic (exact) mass is 1030 g/mol. The first kappa shape index (κ1) is 54.2. The molecule has 6 rings (SSSR count). The first-order chi connectivity index (χ1) is 34.4. The zero-order chi connectivity index (χ0) is 50.5. The lowest BCUT2D eigenvalue weighted by Gasteiger charge is -2.27. The molecule has 26 heteroatoms. The van der Waals surface area contributed by atoms with Gasteiger partial charge >= 0.3 is 6.03 Å². The predicted octanol–water partition coefficient (Wildman–Crippen LogP) is 3.28. The number of imide groups is 2. The number of ether oxygens (including phenoxy) is 8. The van der Waals surface area contributed by atoms with Crippen molar-refractivity contribution in [3.05, 3.63) is 69.7 Å². The molecule has 1 aromatic carbocycles. The lowest BCUT2D eigenvalue weighted by molar-refractivity contribution is -0.136. The minimum absolute atomic E-state index is 0.0498. The molecule has 2 atom stereocenters. The lowest BCUT2D eigenvalue weighted by Crippen LogP contribution is -2.54. The van der Waals surface area contributed by atoms with Crippen LogP contribution in [-0.2, 0) is 47.5 Å². The topological polar surface area (TPSA) is 283 Å². The maximum Gasteiger partial charge on any atom is 0.323 e. The largest absolute Gasteiger partial charge is 0.474 e. The van der Waals surface area contributed by atoms with E-state index in [1.165, 1.54) is 36.2 Å². The Morgan fingerprint density at radius 2 is 1.42 bits per heavy atom. The van der Waals surface area contributed by atoms with Crippen LogP contribution in [0.25, 0.3) is 5.65 Å². The molecule has 1 unspecified atom stereocenters. The second-order valence-corrected chi connectivity index (χ2v) is 16.3. The number of fused-ring (bicyclic) bond motifs is 2. The number of pyridine rings is 1. The third kappa shape index (κ3) is 16.0. The summed E-state index contributed by atoms with van der Waals surface area (Å²) in [6.07, 6.45) is 2.63. The summed E-state index contributed by atoms with van der Waals surface area (Å²) < 4.78 is 45.8. The summed E-state index contributed by atoms with van der Waals surface area (Å²) in [6.45, 7) is 6.48. The summed E-state index contributed by atoms with van der Waals surface area (Å²) >= 11 is 12.2. The predicted molar refractivity (Wildman–Crippen MR) is 255 cm³/mol. The van der Waals surface area contributed by atoms with Crippen molar-refractivity contribution in [3.63, 3.8) is 0 Å². The van der Waals surface area contributed by atoms with E-state index >= 15 is 0 Å². The standard InChI is InChI=1S/C45H56Cl2N10O14/c1-28(64-2)40-33(27-50-36-25-35(47)55-57(36)40)53-45(63)52-32-24-29(46)26-51-42(32)71-13-10-49-37(58)8-11-65-14-16-67-18-20-69-22-23-70-21-19-68-17-15-66-12-9-48-31-5-3-4-30-39(31)44(62)56(43(30)61)34-6-7-38(59)54-41(34)60/h3-5,24-28,34,48H,6-23H2,1-2H3,(H,49,58)(H2,52,53,63)(H,54,59,60)/t28-,34?/m0/s1. The molecule has 0 radical (unpaired) electrons. The van der Waals surface area contributed by atoms with Crippen molar-refractivity contribution >= 4 is 81.5 Å². The summed E-state index contributed by atoms with van der Waals surface area (Å²) in [5, 5.41) is 18.2. The fourth-order valence-corrected chi connectivity index (χ4v) is 7.47. The number of carbonyl (C=O) groups excluding carboxylic acids is 6. The van der Waals surface area contributed by atoms with Gasteiger partial charge in [0.15, 0.2) is 10.8 Å². The number of anilines is 3. The van der Waals surface area contributed by atoms with Crippen LogP contribution in [0.3, 0.4) is 0 Å². The van der Waals surface area contributed by atoms with Gasteiger partial charge < -0.3 is 59.2 Å². The number of amides is 7. The quantitative estimate of drug-likeness (QED) is 0.0357. The van der Waals surface area contributed by atoms with Crippen molar-refractivity contribution in [1.29, 1.82) is 0 Å². The molecule has 4 aromatic rings. The van der Waals surface area contributed by atoms with Gasteiger partial charge in [-0.3, -0.25) is 34.2 Å². The number of rotatable bonds is 31. The van der Waals surface area contributed by atoms with Crippen LogP contribution in [0.15, 0.2) is 42.7 Å². The summed E-state index contributed by atoms with van der Waals surface area (Å²) in [5.74, 6) is -2.38. The molecule has 0 saturated carbocycles. The number of aromatic nitrogens is 4. The molecule has 1 saturated heterocycles. The zero-order valence-corrected chi connectivity index (χ0v) is 40.6. The number of piperidine rings is 1. The smallest absolute Gasteiger partial charge is 0.323 e. The van der Waals surface area contributed by atoms with Gasteiger partial charge in [0.2, 0.25) is 23.6 Å². The van der Waals surface area contributed by atoms with Crippen LogP contribution in [0.4, 0.5) is 21.9 Å². The highest BCUT2D eigenvalue weighted by Crippen LogP contribution is 2.33. The van der Waals surface area contributed by atoms with Crippen molar-refractivity contribution in [2.45, 2.75) is 38.3 Å². The Morgan fingerprint density at radius 3 is 2.08 bits per heavy atom. The second-order valence-electron chi connectivity index (χ2n) is 15.5. The Balaban J connectivity index is 0.710. The van der Waals surface area contributed by atoms with Crippen molar-refractivity contribution in [2.24, 2.45) is 0 Å². The fraction of sp³-hybridized carbons (Fsp3) is 0.489. The number of hydrogen-bond acceptors (Lipinski definition) is 18. The number of carbonyl (C=O) groups is 6. The molecule has 5 N–H and O–H groups in total. The average Bonchev–Trinajstić information content (AvgIpc) is 3.85. The maximum atomic E-state index is 13.2. The molecule has 24 nitrogen and oxygen atoms in total. The van der Waals surface area contributed by atoms with E-state index in [0.29, 0.717) is 102 Å². The molecule has 0 bridgehead atoms. The first-order valence-electron chi connectivity index (χ1n) is 22.7. The number of halogens is 2. The molecular weight excluding hydrogens is 975 g/mol. The van der Waals surface area contributed by atoms with E-state index in [4.69, 9.17) is 61.1 Å². The molecule has 384 valence electrons. The molecule has 2 aliphatic rings. The van der Waals surface area contributed by atoms with Gasteiger partial charge in [-0.05, 0) is 31.5 Å². The molecule has 2 aliphatic heterocycles. The highest BCUT2D eigenvalue weighted by molar-refractivity contribution is 6.31. The SMILES string of the molecule is CO[C@@H](C)c1c(NC(=O)Nc2cc(Cl)cnc2OCCNC(=O)CCOCCOCCOCCOCCOCCOCCNc2cccc3c2C(=O)N(C2CCC(=O)NC2=O)C3=O)cnc2cc(Cl)nn12. The number of hydrogen-bond donors (Lipinski definition) is 5. The van der Waals surface area contributed by atoms with Gasteiger partial charge in [-0.25, -0.2) is 19.3 Å². The number of methoxy groups -OCH3 is 1. The van der Waals surface area contributed by atoms with E-state index in [-0.39, 0.29) is 77.8 Å². The summed E-state index contributed by atoms with van der Waals surface area (Å²) in [5.41, 5.74) is 2.37. The molecule has 5 heterocycles. The van der Waals surface area contributed by atoms with Crippen molar-refractivity contribution in [3.8, 4) is 5.88 Å². The van der Waals surface area contributed by atoms with Gasteiger partial charge in [-0.1, -0.05) is 29.3 Å². The van der Waals surface area contributed by atoms with Crippen LogP contribution in [0.5, 0.6) is 5.88 Å². The Kier molecular flexibility index (Phi) is 21.5. The van der Waals surface area contributed by atoms with E-state index < -0.39 is 41.8 Å². The van der Waals surface area contributed by atoms with Crippen molar-refractivity contribution < 1.29 is 66.7 Å². The molecular formula is C45H56Cl2N10O14. The number of urea groups is 1. The summed E-state index contributed by atoms with van der Waals surface area (Å²) in [4.78, 5) is 84.9. The van der Waals surface area contributed by atoms with Crippen LogP contribution in [-0.4, -0.2) is 172 Å². The average molecular weight is 1030 g/mol. The number of nitrogens with one attached hydrogen (secondary N) is 5. The van der Waals surface area contributed by atoms with Crippen molar-refractivity contribution in [1.82, 2.24) is 35.1 Å². The van der Waals surface area contributed by atoms with E-state index in [1.54, 1.807) is 25.1 Å². The molecule has 3 aromatic heterocycles. The normalized spacial score (nSPS) is 14.9. The highest BCUT2D eigenvalue weighted by Gasteiger charge is 2.45. The third-order valence-corrected chi connectivity index (χ3v) is 11.0. The molecule has 0 spiro atoms. The Morgan fingerprint density at radius 1 is 0.775 bits per heavy atom. The van der Waals surface area contributed by atoms with Crippen molar-refractivity contribution in [2.75, 3.05) is 122 Å². The van der Waals surface area contributed by atoms with Crippen LogP contribution in [0, 0.1) is 0 Å². The van der Waals surface area contributed by atoms with Gasteiger partial charge in [0, 0.05) is 44.4 Å². The van der Waals surface area contributed by atoms with Crippen LogP contribution in [0.1, 0.15) is 58.7 Å². The highest BCUT2D eigenvalue weighted by atomic mass is 35.5. The minimum atomic E-state index is -1.03. The number of benzene rings is 1. The maximum absolute atomic E-state index is 13.2. The van der Waals surface area contributed by atoms with Crippen LogP contribution < -0.4 is 31.3 Å². The van der Waals surface area contributed by atoms with Gasteiger partial charge in [-0.15, -0.1) is 0 Å². The lowest BCUT2D eigenvalue weighted by atomic mass is 10.0. The van der Waals surface area contributed by atoms with E-state index in [1.807, 2.05) is 0 Å². The zero-order valence-electron chi connectivity index (χ0n) is 39.1. The van der Waals surface area contributed by atoms with Gasteiger partial charge in [-0.2, -0.15) is 5.10 Å². The van der Waals surface area contributed by atoms with Crippen LogP contribution in [0.2, 0.25) is 10.2 Å². The van der Waals surface area contributed by atoms with E-state index in [0.717, 1.165) is 4.90 Å². The number of nitrogens with zero attached hydrogens (tertiary/aromatic N) is 5. The summed E-state index contributed by atoms with van der Waals surface area (Å²) in [7, 11) is 1.52. The second kappa shape index (κ2) is 28.1. The first-order valence-corrected chi connectivity index (χ1v) is 23.5. The molecule has 71 heavy (non-hydrogen) atoms. The van der Waals surface area contributed by atoms with Gasteiger partial charge in [0.05, 0.1) is 126 Å². The fourth-order valence-electron chi connectivity index (χ4n) is 7.14. The Bertz CT molecular complexity index is 2480. The van der Waals surface area contributed by atoms with Crippen LogP contribution >= 0.6 is 23.2 Å². The van der Waals surface area contributed by atoms with Gasteiger partial charge in [0.1, 0.15) is 18.3 Å². The van der Waals surface area contributed by atoms with Gasteiger partial charge in [0.25, 0.3) is 11.8 Å². The summed E-state index contributed by atoms with van der Waals surface area (Å²) in [6, 6.07) is 6.27. The van der Waals surface area contributed by atoms with E-state index in [2.05, 4.69) is 41.7 Å². The minimum Gasteiger partial charge on any atom is -0.474 e. The molecule has 1 fully saturated rings. The Labute approximate surface area is 417 Å². The third-order valence-electron chi connectivity index (χ3n) is 10.6. The van der Waals surface area contributed by atoms with E-state index in [9.17, 15) is 28.8 Å². The Hall–Kier alpha value is -6.09.